The van der Waals surface area contributed by atoms with Crippen LogP contribution in [0.3, 0.4) is 0 Å². The molecule has 0 bridgehead atoms. The van der Waals surface area contributed by atoms with E-state index in [1.165, 1.54) is 16.8 Å². The highest BCUT2D eigenvalue weighted by molar-refractivity contribution is 7.93. The number of sulfonamides is 1. The first-order valence-corrected chi connectivity index (χ1v) is 8.82. The second-order valence-electron chi connectivity index (χ2n) is 5.86. The number of aromatic nitrogens is 1. The highest BCUT2D eigenvalue weighted by Crippen LogP contribution is 2.37. The highest BCUT2D eigenvalue weighted by atomic mass is 32.2. The van der Waals surface area contributed by atoms with Crippen LogP contribution in [0.5, 0.6) is 0 Å². The molecule has 2 aliphatic rings. The Morgan fingerprint density at radius 1 is 1.48 bits per heavy atom. The van der Waals surface area contributed by atoms with Crippen LogP contribution in [-0.4, -0.2) is 38.5 Å². The van der Waals surface area contributed by atoms with Crippen molar-refractivity contribution >= 4 is 27.9 Å². The van der Waals surface area contributed by atoms with E-state index in [-0.39, 0.29) is 5.75 Å². The predicted molar refractivity (Wildman–Crippen MR) is 81.1 cm³/mol. The Labute approximate surface area is 124 Å². The van der Waals surface area contributed by atoms with Crippen molar-refractivity contribution in [2.75, 3.05) is 28.5 Å². The molecule has 0 aromatic carbocycles. The van der Waals surface area contributed by atoms with Crippen molar-refractivity contribution < 1.29 is 13.2 Å². The van der Waals surface area contributed by atoms with Crippen molar-refractivity contribution in [2.45, 2.75) is 19.8 Å². The summed E-state index contributed by atoms with van der Waals surface area (Å²) >= 11 is 0. The molecule has 6 nitrogen and oxygen atoms in total. The summed E-state index contributed by atoms with van der Waals surface area (Å²) in [5.41, 5.74) is 0.438. The summed E-state index contributed by atoms with van der Waals surface area (Å²) in [7, 11) is -3.28. The molecular weight excluding hydrogens is 290 g/mol. The minimum absolute atomic E-state index is 0.141. The number of hydrogen-bond acceptors (Lipinski definition) is 5. The molecule has 3 rings (SSSR count). The number of nitrogens with zero attached hydrogens (tertiary/aromatic N) is 2. The van der Waals surface area contributed by atoms with E-state index < -0.39 is 10.0 Å². The monoisotopic (exact) mass is 309 g/mol. The van der Waals surface area contributed by atoms with Crippen molar-refractivity contribution in [1.29, 1.82) is 0 Å². The lowest BCUT2D eigenvalue weighted by molar-refractivity contribution is 0.112. The topological polar surface area (TPSA) is 79.4 Å². The standard InChI is InChI=1S/C14H19N3O3S/c1-10-5-12(10)8-15-13-6-11(9-18)7-14(16-13)17-3-2-4-21(17,19)20/h6-7,9-10,12H,2-5,8H2,1H3,(H,15,16). The van der Waals surface area contributed by atoms with Gasteiger partial charge in [-0.15, -0.1) is 0 Å². The Morgan fingerprint density at radius 3 is 2.81 bits per heavy atom. The van der Waals surface area contributed by atoms with Gasteiger partial charge in [0.15, 0.2) is 0 Å². The van der Waals surface area contributed by atoms with Crippen molar-refractivity contribution in [3.63, 3.8) is 0 Å². The zero-order valence-corrected chi connectivity index (χ0v) is 12.8. The minimum Gasteiger partial charge on any atom is -0.370 e. The smallest absolute Gasteiger partial charge is 0.236 e. The van der Waals surface area contributed by atoms with Crippen molar-refractivity contribution in [3.05, 3.63) is 17.7 Å². The Hall–Kier alpha value is -1.63. The van der Waals surface area contributed by atoms with Gasteiger partial charge in [-0.05, 0) is 36.8 Å². The van der Waals surface area contributed by atoms with Gasteiger partial charge in [-0.2, -0.15) is 0 Å². The maximum atomic E-state index is 12.0. The summed E-state index contributed by atoms with van der Waals surface area (Å²) in [4.78, 5) is 15.4. The van der Waals surface area contributed by atoms with Gasteiger partial charge >= 0.3 is 0 Å². The summed E-state index contributed by atoms with van der Waals surface area (Å²) < 4.78 is 25.2. The van der Waals surface area contributed by atoms with Crippen molar-refractivity contribution in [1.82, 2.24) is 4.98 Å². The zero-order valence-electron chi connectivity index (χ0n) is 11.9. The SMILES string of the molecule is CC1CC1CNc1cc(C=O)cc(N2CCCS2(=O)=O)n1. The molecule has 2 fully saturated rings. The van der Waals surface area contributed by atoms with Crippen LogP contribution in [0.15, 0.2) is 12.1 Å². The first-order valence-electron chi connectivity index (χ1n) is 7.21. The van der Waals surface area contributed by atoms with E-state index in [2.05, 4.69) is 17.2 Å². The maximum absolute atomic E-state index is 12.0. The fraction of sp³-hybridized carbons (Fsp3) is 0.571. The number of nitrogens with one attached hydrogen (secondary N) is 1. The van der Waals surface area contributed by atoms with Crippen molar-refractivity contribution in [2.24, 2.45) is 11.8 Å². The van der Waals surface area contributed by atoms with Crippen LogP contribution >= 0.6 is 0 Å². The second-order valence-corrected chi connectivity index (χ2v) is 7.87. The molecule has 21 heavy (non-hydrogen) atoms. The van der Waals surface area contributed by atoms with Crippen LogP contribution in [-0.2, 0) is 10.0 Å². The number of pyridine rings is 1. The van der Waals surface area contributed by atoms with Crippen LogP contribution < -0.4 is 9.62 Å². The molecule has 1 saturated carbocycles. The third-order valence-electron chi connectivity index (χ3n) is 4.15. The van der Waals surface area contributed by atoms with Crippen molar-refractivity contribution in [3.8, 4) is 0 Å². The zero-order chi connectivity index (χ0) is 15.0. The highest BCUT2D eigenvalue weighted by Gasteiger charge is 2.32. The quantitative estimate of drug-likeness (QED) is 0.834. The first kappa shape index (κ1) is 14.3. The second kappa shape index (κ2) is 5.29. The molecule has 0 radical (unpaired) electrons. The van der Waals surface area contributed by atoms with Crippen LogP contribution in [0.4, 0.5) is 11.6 Å². The fourth-order valence-corrected chi connectivity index (χ4v) is 4.14. The molecule has 114 valence electrons. The fourth-order valence-electron chi connectivity index (χ4n) is 2.64. The van der Waals surface area contributed by atoms with E-state index in [0.29, 0.717) is 36.1 Å². The summed E-state index contributed by atoms with van der Waals surface area (Å²) in [6.07, 6.45) is 2.52. The third-order valence-corrected chi connectivity index (χ3v) is 5.99. The molecule has 2 unspecified atom stereocenters. The molecule has 2 atom stereocenters. The molecule has 1 aromatic heterocycles. The molecule has 0 spiro atoms. The maximum Gasteiger partial charge on any atom is 0.236 e. The van der Waals surface area contributed by atoms with Gasteiger partial charge in [0, 0.05) is 18.7 Å². The number of rotatable bonds is 5. The number of aldehydes is 1. The molecule has 7 heteroatoms. The molecule has 1 aromatic rings. The van der Waals surface area contributed by atoms with E-state index in [0.717, 1.165) is 18.7 Å². The van der Waals surface area contributed by atoms with E-state index in [1.807, 2.05) is 0 Å². The van der Waals surface area contributed by atoms with Crippen LogP contribution in [0.2, 0.25) is 0 Å². The normalized spacial score (nSPS) is 26.6. The van der Waals surface area contributed by atoms with Gasteiger partial charge in [0.25, 0.3) is 0 Å². The lowest BCUT2D eigenvalue weighted by Crippen LogP contribution is -2.26. The van der Waals surface area contributed by atoms with Gasteiger partial charge in [-0.25, -0.2) is 13.4 Å². The van der Waals surface area contributed by atoms with Crippen LogP contribution in [0, 0.1) is 11.8 Å². The first-order chi connectivity index (χ1) is 9.99. The van der Waals surface area contributed by atoms with E-state index >= 15 is 0 Å². The van der Waals surface area contributed by atoms with Gasteiger partial charge in [0.2, 0.25) is 10.0 Å². The Kier molecular flexibility index (Phi) is 3.61. The Balaban J connectivity index is 1.84. The van der Waals surface area contributed by atoms with E-state index in [1.54, 1.807) is 6.07 Å². The van der Waals surface area contributed by atoms with Gasteiger partial charge in [-0.1, -0.05) is 6.92 Å². The minimum atomic E-state index is -3.28. The molecule has 1 N–H and O–H groups in total. The summed E-state index contributed by atoms with van der Waals surface area (Å²) in [5, 5.41) is 3.21. The number of anilines is 2. The van der Waals surface area contributed by atoms with Gasteiger partial charge in [0.1, 0.15) is 17.9 Å². The third kappa shape index (κ3) is 3.02. The Bertz CT molecular complexity index is 659. The lowest BCUT2D eigenvalue weighted by atomic mass is 10.2. The molecule has 0 amide bonds. The number of carbonyl (C=O) groups excluding carboxylic acids is 1. The largest absolute Gasteiger partial charge is 0.370 e. The number of hydrogen-bond donors (Lipinski definition) is 1. The average Bonchev–Trinajstić information content (AvgIpc) is 3.04. The van der Waals surface area contributed by atoms with Gasteiger partial charge in [-0.3, -0.25) is 9.10 Å². The summed E-state index contributed by atoms with van der Waals surface area (Å²) in [5.74, 6) is 2.41. The molecule has 1 aliphatic heterocycles. The predicted octanol–water partition coefficient (Wildman–Crippen LogP) is 1.50. The van der Waals surface area contributed by atoms with E-state index in [9.17, 15) is 13.2 Å². The molecule has 1 aliphatic carbocycles. The summed E-state index contributed by atoms with van der Waals surface area (Å²) in [6, 6.07) is 3.19. The summed E-state index contributed by atoms with van der Waals surface area (Å²) in [6.45, 7) is 3.43. The van der Waals surface area contributed by atoms with E-state index in [4.69, 9.17) is 0 Å². The Morgan fingerprint density at radius 2 is 2.24 bits per heavy atom. The molecular formula is C14H19N3O3S. The van der Waals surface area contributed by atoms with Crippen LogP contribution in [0.1, 0.15) is 30.1 Å². The molecule has 2 heterocycles. The van der Waals surface area contributed by atoms with Crippen LogP contribution in [0.25, 0.3) is 0 Å². The average molecular weight is 309 g/mol. The van der Waals surface area contributed by atoms with Gasteiger partial charge < -0.3 is 5.32 Å². The number of carbonyl (C=O) groups is 1. The van der Waals surface area contributed by atoms with Gasteiger partial charge in [0.05, 0.1) is 5.75 Å². The lowest BCUT2D eigenvalue weighted by Gasteiger charge is -2.17. The molecule has 1 saturated heterocycles.